The second-order valence-electron chi connectivity index (χ2n) is 2.06. The summed E-state index contributed by atoms with van der Waals surface area (Å²) in [5.41, 5.74) is 8.94. The number of unbranched alkanes of at least 4 members (excludes halogenated alkanes) is 1. The van der Waals surface area contributed by atoms with Gasteiger partial charge in [-0.1, -0.05) is 13.3 Å². The summed E-state index contributed by atoms with van der Waals surface area (Å²) in [6.07, 6.45) is 1.48. The molecule has 0 spiro atoms. The third-order valence-corrected chi connectivity index (χ3v) is 1.19. The van der Waals surface area contributed by atoms with Gasteiger partial charge in [0.25, 0.3) is 0 Å². The minimum absolute atomic E-state index is 0. The fourth-order valence-corrected chi connectivity index (χ4v) is 0.637. The van der Waals surface area contributed by atoms with E-state index in [1.807, 2.05) is 6.92 Å². The fourth-order valence-electron chi connectivity index (χ4n) is 0.309. The van der Waals surface area contributed by atoms with Crippen LogP contribution in [0, 0.1) is 5.41 Å². The van der Waals surface area contributed by atoms with Crippen LogP contribution in [0.15, 0.2) is 0 Å². The molecule has 0 bridgehead atoms. The second-order valence-corrected chi connectivity index (χ2v) is 3.15. The average Bonchev–Trinajstić information content (AvgIpc) is 1.83. The first kappa shape index (κ1) is 19.7. The summed E-state index contributed by atoms with van der Waals surface area (Å²) in [7, 11) is -4.20. The van der Waals surface area contributed by atoms with Crippen LogP contribution >= 0.6 is 0 Å². The van der Waals surface area contributed by atoms with Gasteiger partial charge in [-0.3, -0.25) is 9.96 Å². The van der Waals surface area contributed by atoms with Crippen molar-refractivity contribution in [2.24, 2.45) is 11.5 Å². The molecular formula is C5H16N3NaO4S. The Bertz CT molecular complexity index is 232. The number of rotatable bonds is 4. The van der Waals surface area contributed by atoms with Crippen molar-refractivity contribution in [3.63, 3.8) is 0 Å². The van der Waals surface area contributed by atoms with Crippen LogP contribution in [-0.2, 0) is 14.6 Å². The maximum atomic E-state index is 9.84. The van der Waals surface area contributed by atoms with Crippen LogP contribution in [0.5, 0.6) is 0 Å². The van der Waals surface area contributed by atoms with Crippen molar-refractivity contribution in [1.82, 2.24) is 0 Å². The molecule has 0 aliphatic heterocycles. The van der Waals surface area contributed by atoms with E-state index in [1.54, 1.807) is 0 Å². The van der Waals surface area contributed by atoms with Crippen LogP contribution in [0.4, 0.5) is 0 Å². The van der Waals surface area contributed by atoms with Crippen LogP contribution < -0.4 is 41.0 Å². The molecule has 0 saturated carbocycles. The van der Waals surface area contributed by atoms with Gasteiger partial charge in [-0.15, -0.1) is 0 Å². The smallest absolute Gasteiger partial charge is 1.00 e. The summed E-state index contributed by atoms with van der Waals surface area (Å²) in [6, 6.07) is 0. The van der Waals surface area contributed by atoms with E-state index in [9.17, 15) is 8.42 Å². The largest absolute Gasteiger partial charge is 1.00 e. The van der Waals surface area contributed by atoms with Gasteiger partial charge in [0.2, 0.25) is 0 Å². The van der Waals surface area contributed by atoms with Crippen molar-refractivity contribution in [3.8, 4) is 0 Å². The Kier molecular flexibility index (Phi) is 15.8. The molecule has 9 heteroatoms. The predicted octanol–water partition coefficient (Wildman–Crippen LogP) is -3.44. The molecule has 0 unspecified atom stereocenters. The van der Waals surface area contributed by atoms with Crippen LogP contribution in [0.1, 0.15) is 21.2 Å². The molecular weight excluding hydrogens is 221 g/mol. The van der Waals surface area contributed by atoms with Gasteiger partial charge in [0.05, 0.1) is 6.61 Å². The minimum Gasteiger partial charge on any atom is -1.00 e. The summed E-state index contributed by atoms with van der Waals surface area (Å²) < 4.78 is 31.7. The molecule has 0 heterocycles. The number of guanidine groups is 1. The first-order chi connectivity index (χ1) is 5.79. The molecule has 14 heavy (non-hydrogen) atoms. The monoisotopic (exact) mass is 237 g/mol. The second kappa shape index (κ2) is 11.2. The summed E-state index contributed by atoms with van der Waals surface area (Å²) in [5.74, 6) is -0.333. The minimum atomic E-state index is -4.20. The molecule has 0 aromatic heterocycles. The Morgan fingerprint density at radius 2 is 1.93 bits per heavy atom. The van der Waals surface area contributed by atoms with Crippen LogP contribution in [0.2, 0.25) is 0 Å². The number of hydrogen-bond acceptors (Lipinski definition) is 4. The van der Waals surface area contributed by atoms with E-state index in [0.717, 1.165) is 6.42 Å². The number of nitrogens with one attached hydrogen (secondary N) is 1. The summed E-state index contributed by atoms with van der Waals surface area (Å²) >= 11 is 0. The van der Waals surface area contributed by atoms with Crippen molar-refractivity contribution in [2.75, 3.05) is 6.61 Å². The standard InChI is InChI=1S/C4H10O4S.CH5N3.Na.H/c1-2-3-4-8-9(5,6)7;2-1(3)4;;/h2-4H2,1H3,(H,5,6,7);(H5,2,3,4);;/q;;+1;-1. The third-order valence-electron chi connectivity index (χ3n) is 0.730. The molecule has 0 amide bonds. The van der Waals surface area contributed by atoms with Gasteiger partial charge in [0, 0.05) is 0 Å². The van der Waals surface area contributed by atoms with Gasteiger partial charge >= 0.3 is 40.0 Å². The van der Waals surface area contributed by atoms with E-state index in [4.69, 9.17) is 9.96 Å². The molecule has 0 aliphatic carbocycles. The van der Waals surface area contributed by atoms with Crippen LogP contribution in [0.3, 0.4) is 0 Å². The van der Waals surface area contributed by atoms with Crippen LogP contribution in [0.25, 0.3) is 0 Å². The summed E-state index contributed by atoms with van der Waals surface area (Å²) in [5, 5.41) is 6.06. The molecule has 82 valence electrons. The first-order valence-corrected chi connectivity index (χ1v) is 4.87. The van der Waals surface area contributed by atoms with Crippen molar-refractivity contribution >= 4 is 16.4 Å². The molecule has 0 saturated heterocycles. The average molecular weight is 237 g/mol. The van der Waals surface area contributed by atoms with Gasteiger partial charge in [-0.2, -0.15) is 8.42 Å². The van der Waals surface area contributed by atoms with Crippen molar-refractivity contribution in [3.05, 3.63) is 0 Å². The molecule has 0 atom stereocenters. The SMILES string of the molecule is CCCCOS(=O)(=O)O.N=C(N)N.[H-].[Na+]. The Morgan fingerprint density at radius 1 is 1.57 bits per heavy atom. The van der Waals surface area contributed by atoms with Gasteiger partial charge in [-0.25, -0.2) is 4.18 Å². The van der Waals surface area contributed by atoms with E-state index in [-0.39, 0.29) is 43.6 Å². The normalized spacial score (nSPS) is 9.29. The number of nitrogens with two attached hydrogens (primary N) is 2. The molecule has 7 nitrogen and oxygen atoms in total. The molecule has 0 aromatic carbocycles. The van der Waals surface area contributed by atoms with Gasteiger partial charge < -0.3 is 12.9 Å². The Hall–Kier alpha value is 0.140. The molecule has 6 N–H and O–H groups in total. The van der Waals surface area contributed by atoms with Gasteiger partial charge in [-0.05, 0) is 6.42 Å². The third kappa shape index (κ3) is 40.0. The topological polar surface area (TPSA) is 139 Å². The molecule has 0 radical (unpaired) electrons. The van der Waals surface area contributed by atoms with E-state index < -0.39 is 10.4 Å². The zero-order valence-corrected chi connectivity index (χ0v) is 11.2. The molecule has 0 fully saturated rings. The van der Waals surface area contributed by atoms with E-state index in [0.29, 0.717) is 6.42 Å². The van der Waals surface area contributed by atoms with Crippen molar-refractivity contribution in [2.45, 2.75) is 19.8 Å². The maximum Gasteiger partial charge on any atom is 1.00 e. The van der Waals surface area contributed by atoms with Crippen molar-refractivity contribution in [1.29, 1.82) is 5.41 Å². The van der Waals surface area contributed by atoms with Crippen molar-refractivity contribution < 1.29 is 48.1 Å². The summed E-state index contributed by atoms with van der Waals surface area (Å²) in [4.78, 5) is 0. The van der Waals surface area contributed by atoms with Gasteiger partial charge in [0.1, 0.15) is 0 Å². The quantitative estimate of drug-likeness (QED) is 0.132. The van der Waals surface area contributed by atoms with Crippen LogP contribution in [-0.4, -0.2) is 25.5 Å². The molecule has 0 aromatic rings. The van der Waals surface area contributed by atoms with E-state index in [1.165, 1.54) is 0 Å². The first-order valence-electron chi connectivity index (χ1n) is 3.51. The van der Waals surface area contributed by atoms with E-state index in [2.05, 4.69) is 15.7 Å². The predicted molar refractivity (Wildman–Crippen MR) is 49.6 cm³/mol. The summed E-state index contributed by atoms with van der Waals surface area (Å²) in [6.45, 7) is 1.96. The van der Waals surface area contributed by atoms with Gasteiger partial charge in [0.15, 0.2) is 5.96 Å². The Morgan fingerprint density at radius 3 is 2.14 bits per heavy atom. The zero-order chi connectivity index (χ0) is 10.9. The number of hydrogen-bond donors (Lipinski definition) is 4. The van der Waals surface area contributed by atoms with E-state index >= 15 is 0 Å². The molecule has 0 aliphatic rings. The molecule has 0 rings (SSSR count). The zero-order valence-electron chi connectivity index (χ0n) is 9.36. The fraction of sp³-hybridized carbons (Fsp3) is 0.800. The Balaban J connectivity index is -0.0000000883. The Labute approximate surface area is 107 Å². The maximum absolute atomic E-state index is 9.84.